The zero-order chi connectivity index (χ0) is 30.2. The zero-order valence-corrected chi connectivity index (χ0v) is 25.2. The van der Waals surface area contributed by atoms with Crippen LogP contribution < -0.4 is 10.6 Å². The monoisotopic (exact) mass is 557 g/mol. The number of aryl methyl sites for hydroxylation is 2. The lowest BCUT2D eigenvalue weighted by atomic mass is 9.97. The second kappa shape index (κ2) is 14.0. The molecule has 0 aliphatic rings. The largest absolute Gasteiger partial charge is 0.444 e. The van der Waals surface area contributed by atoms with Crippen molar-refractivity contribution in [2.24, 2.45) is 0 Å². The SMILES string of the molecule is CCc1ccc(C(C(=O)Nc2ccccc2C)N(C(=O)C(Cc2ccccc2)NC(=O)OC(C)(C)C)C(C)C)cc1. The summed E-state index contributed by atoms with van der Waals surface area (Å²) in [6.07, 6.45) is 0.401. The second-order valence-corrected chi connectivity index (χ2v) is 11.5. The molecule has 2 N–H and O–H groups in total. The summed E-state index contributed by atoms with van der Waals surface area (Å²) in [4.78, 5) is 42.9. The number of hydrogen-bond acceptors (Lipinski definition) is 4. The highest BCUT2D eigenvalue weighted by molar-refractivity contribution is 5.99. The number of carbonyl (C=O) groups is 3. The van der Waals surface area contributed by atoms with Gasteiger partial charge in [-0.3, -0.25) is 9.59 Å². The molecule has 0 radical (unpaired) electrons. The van der Waals surface area contributed by atoms with E-state index in [0.717, 1.165) is 23.1 Å². The maximum absolute atomic E-state index is 14.4. The molecule has 0 saturated carbocycles. The number of alkyl carbamates (subject to hydrolysis) is 1. The summed E-state index contributed by atoms with van der Waals surface area (Å²) >= 11 is 0. The molecule has 0 spiro atoms. The van der Waals surface area contributed by atoms with E-state index >= 15 is 0 Å². The normalized spacial score (nSPS) is 12.8. The minimum absolute atomic E-state index is 0.239. The van der Waals surface area contributed by atoms with Crippen LogP contribution in [0.2, 0.25) is 0 Å². The number of benzene rings is 3. The van der Waals surface area contributed by atoms with Crippen LogP contribution in [-0.4, -0.2) is 40.5 Å². The average molecular weight is 558 g/mol. The lowest BCUT2D eigenvalue weighted by Crippen LogP contribution is -2.55. The van der Waals surface area contributed by atoms with Crippen LogP contribution in [0.4, 0.5) is 10.5 Å². The summed E-state index contributed by atoms with van der Waals surface area (Å²) in [5.74, 6) is -0.708. The first-order valence-electron chi connectivity index (χ1n) is 14.2. The Morgan fingerprint density at radius 2 is 1.46 bits per heavy atom. The van der Waals surface area contributed by atoms with E-state index in [1.807, 2.05) is 99.6 Å². The number of nitrogens with one attached hydrogen (secondary N) is 2. The Labute approximate surface area is 244 Å². The standard InChI is InChI=1S/C34H43N3O4/c1-8-25-18-20-27(21-19-25)30(31(38)35-28-17-13-12-14-24(28)4)37(23(2)3)32(39)29(22-26-15-10-9-11-16-26)36-33(40)41-34(5,6)7/h9-21,23,29-30H,8,22H2,1-7H3,(H,35,38)(H,36,40). The lowest BCUT2D eigenvalue weighted by Gasteiger charge is -2.37. The molecule has 3 aromatic carbocycles. The number of para-hydroxylation sites is 1. The molecule has 7 heteroatoms. The number of amides is 3. The molecule has 7 nitrogen and oxygen atoms in total. The van der Waals surface area contributed by atoms with Crippen molar-refractivity contribution in [3.63, 3.8) is 0 Å². The third-order valence-corrected chi connectivity index (χ3v) is 6.72. The van der Waals surface area contributed by atoms with Gasteiger partial charge in [0.05, 0.1) is 0 Å². The van der Waals surface area contributed by atoms with Crippen molar-refractivity contribution in [2.75, 3.05) is 5.32 Å². The predicted octanol–water partition coefficient (Wildman–Crippen LogP) is 6.61. The van der Waals surface area contributed by atoms with Gasteiger partial charge in [0.15, 0.2) is 0 Å². The fraction of sp³-hybridized carbons (Fsp3) is 0.382. The van der Waals surface area contributed by atoms with E-state index in [9.17, 15) is 14.4 Å². The molecule has 3 aromatic rings. The molecule has 0 aliphatic heterocycles. The third kappa shape index (κ3) is 8.93. The molecule has 3 amide bonds. The predicted molar refractivity (Wildman–Crippen MR) is 164 cm³/mol. The fourth-order valence-corrected chi connectivity index (χ4v) is 4.65. The van der Waals surface area contributed by atoms with Gasteiger partial charge in [0.2, 0.25) is 5.91 Å². The average Bonchev–Trinajstić information content (AvgIpc) is 2.91. The second-order valence-electron chi connectivity index (χ2n) is 11.5. The lowest BCUT2D eigenvalue weighted by molar-refractivity contribution is -0.142. The van der Waals surface area contributed by atoms with Gasteiger partial charge < -0.3 is 20.3 Å². The molecule has 2 atom stereocenters. The van der Waals surface area contributed by atoms with Crippen LogP contribution in [0, 0.1) is 6.92 Å². The quantitative estimate of drug-likeness (QED) is 0.294. The number of anilines is 1. The van der Waals surface area contributed by atoms with E-state index in [4.69, 9.17) is 4.74 Å². The number of hydrogen-bond donors (Lipinski definition) is 2. The van der Waals surface area contributed by atoms with Crippen molar-refractivity contribution < 1.29 is 19.1 Å². The summed E-state index contributed by atoms with van der Waals surface area (Å²) < 4.78 is 5.51. The molecule has 0 aromatic heterocycles. The van der Waals surface area contributed by atoms with E-state index in [0.29, 0.717) is 11.3 Å². The Morgan fingerprint density at radius 3 is 2.02 bits per heavy atom. The highest BCUT2D eigenvalue weighted by Crippen LogP contribution is 2.28. The summed E-state index contributed by atoms with van der Waals surface area (Å²) in [5, 5.41) is 5.84. The van der Waals surface area contributed by atoms with Crippen LogP contribution >= 0.6 is 0 Å². The minimum Gasteiger partial charge on any atom is -0.444 e. The first-order chi connectivity index (χ1) is 19.4. The third-order valence-electron chi connectivity index (χ3n) is 6.72. The van der Waals surface area contributed by atoms with Gasteiger partial charge in [-0.1, -0.05) is 79.7 Å². The summed E-state index contributed by atoms with van der Waals surface area (Å²) in [7, 11) is 0. The van der Waals surface area contributed by atoms with Gasteiger partial charge in [0.25, 0.3) is 5.91 Å². The Hall–Kier alpha value is -4.13. The zero-order valence-electron chi connectivity index (χ0n) is 25.2. The number of rotatable bonds is 10. The van der Waals surface area contributed by atoms with Crippen LogP contribution in [0.15, 0.2) is 78.9 Å². The van der Waals surface area contributed by atoms with Crippen LogP contribution in [0.1, 0.15) is 69.8 Å². The minimum atomic E-state index is -0.960. The number of ether oxygens (including phenoxy) is 1. The maximum Gasteiger partial charge on any atom is 0.408 e. The molecule has 0 fully saturated rings. The molecule has 218 valence electrons. The van der Waals surface area contributed by atoms with Crippen molar-refractivity contribution in [1.82, 2.24) is 10.2 Å². The molecule has 2 unspecified atom stereocenters. The van der Waals surface area contributed by atoms with Gasteiger partial charge in [-0.2, -0.15) is 0 Å². The van der Waals surface area contributed by atoms with Gasteiger partial charge in [0, 0.05) is 18.2 Å². The molecule has 0 heterocycles. The van der Waals surface area contributed by atoms with Crippen LogP contribution in [0.25, 0.3) is 0 Å². The highest BCUT2D eigenvalue weighted by Gasteiger charge is 2.38. The molecule has 3 rings (SSSR count). The van der Waals surface area contributed by atoms with Gasteiger partial charge in [-0.25, -0.2) is 4.79 Å². The van der Waals surface area contributed by atoms with Crippen molar-refractivity contribution in [3.05, 3.63) is 101 Å². The molecule has 41 heavy (non-hydrogen) atoms. The van der Waals surface area contributed by atoms with E-state index in [-0.39, 0.29) is 24.3 Å². The first kappa shape index (κ1) is 31.4. The Kier molecular flexibility index (Phi) is 10.7. The fourth-order valence-electron chi connectivity index (χ4n) is 4.65. The van der Waals surface area contributed by atoms with E-state index < -0.39 is 23.8 Å². The molecular formula is C34H43N3O4. The van der Waals surface area contributed by atoms with E-state index in [2.05, 4.69) is 17.6 Å². The first-order valence-corrected chi connectivity index (χ1v) is 14.2. The van der Waals surface area contributed by atoms with E-state index in [1.165, 1.54) is 0 Å². The topological polar surface area (TPSA) is 87.7 Å². The van der Waals surface area contributed by atoms with Gasteiger partial charge in [0.1, 0.15) is 17.7 Å². The molecular weight excluding hydrogens is 514 g/mol. The van der Waals surface area contributed by atoms with Crippen LogP contribution in [-0.2, 0) is 27.2 Å². The Bertz CT molecular complexity index is 1310. The Morgan fingerprint density at radius 1 is 0.854 bits per heavy atom. The van der Waals surface area contributed by atoms with Crippen molar-refractivity contribution >= 4 is 23.6 Å². The summed E-state index contributed by atoms with van der Waals surface area (Å²) in [5.41, 5.74) is 3.54. The Balaban J connectivity index is 2.06. The molecule has 0 aliphatic carbocycles. The smallest absolute Gasteiger partial charge is 0.408 e. The molecule has 0 bridgehead atoms. The van der Waals surface area contributed by atoms with E-state index in [1.54, 1.807) is 25.7 Å². The molecule has 0 saturated heterocycles. The highest BCUT2D eigenvalue weighted by atomic mass is 16.6. The van der Waals surface area contributed by atoms with Gasteiger partial charge in [-0.05, 0) is 76.3 Å². The summed E-state index contributed by atoms with van der Waals surface area (Å²) in [6.45, 7) is 13.1. The maximum atomic E-state index is 14.4. The summed E-state index contributed by atoms with van der Waals surface area (Å²) in [6, 6.07) is 22.5. The van der Waals surface area contributed by atoms with Crippen LogP contribution in [0.3, 0.4) is 0 Å². The number of carbonyl (C=O) groups excluding carboxylic acids is 3. The van der Waals surface area contributed by atoms with Crippen molar-refractivity contribution in [3.8, 4) is 0 Å². The van der Waals surface area contributed by atoms with Crippen LogP contribution in [0.5, 0.6) is 0 Å². The number of nitrogens with zero attached hydrogens (tertiary/aromatic N) is 1. The van der Waals surface area contributed by atoms with Crippen molar-refractivity contribution in [1.29, 1.82) is 0 Å². The van der Waals surface area contributed by atoms with Gasteiger partial charge in [-0.15, -0.1) is 0 Å². The van der Waals surface area contributed by atoms with Crippen molar-refractivity contribution in [2.45, 2.75) is 85.0 Å². The van der Waals surface area contributed by atoms with Gasteiger partial charge >= 0.3 is 6.09 Å².